The van der Waals surface area contributed by atoms with E-state index in [1.54, 1.807) is 0 Å². The molecule has 1 N–H and O–H groups in total. The Hall–Kier alpha value is -2.05. The zero-order valence-corrected chi connectivity index (χ0v) is 16.3. The van der Waals surface area contributed by atoms with Gasteiger partial charge in [-0.2, -0.15) is 36.5 Å². The van der Waals surface area contributed by atoms with E-state index < -0.39 is 36.2 Å². The van der Waals surface area contributed by atoms with Crippen LogP contribution in [-0.4, -0.2) is 32.0 Å². The Labute approximate surface area is 164 Å². The number of hydrogen-bond acceptors (Lipinski definition) is 3. The summed E-state index contributed by atoms with van der Waals surface area (Å²) in [7, 11) is 0. The largest absolute Gasteiger partial charge is 0.436 e. The molecule has 0 spiro atoms. The highest BCUT2D eigenvalue weighted by Crippen LogP contribution is 2.35. The highest BCUT2D eigenvalue weighted by atomic mass is 79.9. The van der Waals surface area contributed by atoms with Crippen LogP contribution in [0.15, 0.2) is 10.5 Å². The second-order valence-corrected chi connectivity index (χ2v) is 6.79. The van der Waals surface area contributed by atoms with Gasteiger partial charge in [0.2, 0.25) is 5.91 Å². The molecule has 2 aromatic rings. The molecular weight excluding hydrogens is 460 g/mol. The summed E-state index contributed by atoms with van der Waals surface area (Å²) < 4.78 is 78.1. The summed E-state index contributed by atoms with van der Waals surface area (Å²) in [5.41, 5.74) is -1.63. The van der Waals surface area contributed by atoms with Gasteiger partial charge in [0.25, 0.3) is 0 Å². The molecule has 0 saturated heterocycles. The maximum absolute atomic E-state index is 12.8. The lowest BCUT2D eigenvalue weighted by molar-refractivity contribution is -0.142. The summed E-state index contributed by atoms with van der Waals surface area (Å²) in [5.74, 6) is -0.569. The maximum Gasteiger partial charge on any atom is 0.436 e. The lowest BCUT2D eigenvalue weighted by Gasteiger charge is -2.08. The van der Waals surface area contributed by atoms with E-state index in [0.717, 1.165) is 10.7 Å². The number of nitrogens with one attached hydrogen (secondary N) is 1. The van der Waals surface area contributed by atoms with Crippen LogP contribution in [0.5, 0.6) is 0 Å². The molecule has 28 heavy (non-hydrogen) atoms. The number of nitrogens with zero attached hydrogens (tertiary/aromatic N) is 4. The van der Waals surface area contributed by atoms with Gasteiger partial charge in [-0.05, 0) is 42.3 Å². The Balaban J connectivity index is 1.87. The predicted octanol–water partition coefficient (Wildman–Crippen LogP) is 3.70. The van der Waals surface area contributed by atoms with Crippen LogP contribution in [0.2, 0.25) is 0 Å². The minimum atomic E-state index is -4.65. The van der Waals surface area contributed by atoms with Crippen LogP contribution in [0, 0.1) is 13.8 Å². The SMILES string of the molecule is Cc1cc(C(F)(F)F)nn1CCCNC(=O)Cn1nc(C(F)(F)F)c(Br)c1C. The summed E-state index contributed by atoms with van der Waals surface area (Å²) in [6, 6.07) is 0.926. The Kier molecular flexibility index (Phi) is 6.46. The number of halogens is 7. The molecule has 0 aliphatic heterocycles. The van der Waals surface area contributed by atoms with Crippen LogP contribution in [0.1, 0.15) is 29.2 Å². The highest BCUT2D eigenvalue weighted by molar-refractivity contribution is 9.10. The Morgan fingerprint density at radius 1 is 1.11 bits per heavy atom. The fourth-order valence-electron chi connectivity index (χ4n) is 2.38. The van der Waals surface area contributed by atoms with Crippen molar-refractivity contribution in [2.45, 2.75) is 45.7 Å². The fourth-order valence-corrected chi connectivity index (χ4v) is 2.89. The molecule has 2 heterocycles. The van der Waals surface area contributed by atoms with Gasteiger partial charge >= 0.3 is 12.4 Å². The minimum Gasteiger partial charge on any atom is -0.354 e. The first-order chi connectivity index (χ1) is 12.8. The van der Waals surface area contributed by atoms with E-state index in [0.29, 0.717) is 12.1 Å². The Morgan fingerprint density at radius 2 is 1.75 bits per heavy atom. The number of rotatable bonds is 6. The number of aromatic nitrogens is 4. The standard InChI is InChI=1S/C15H16BrF6N5O/c1-8-6-10(14(17,18)19)24-26(8)5-3-4-23-11(28)7-27-9(2)12(16)13(25-27)15(20,21)22/h6H,3-5,7H2,1-2H3,(H,23,28). The molecule has 0 atom stereocenters. The van der Waals surface area contributed by atoms with Gasteiger partial charge in [-0.3, -0.25) is 14.2 Å². The Bertz CT molecular complexity index is 854. The lowest BCUT2D eigenvalue weighted by atomic mass is 10.3. The first-order valence-corrected chi connectivity index (χ1v) is 8.78. The fraction of sp³-hybridized carbons (Fsp3) is 0.533. The first-order valence-electron chi connectivity index (χ1n) is 7.99. The van der Waals surface area contributed by atoms with Gasteiger partial charge in [0.15, 0.2) is 11.4 Å². The van der Waals surface area contributed by atoms with Gasteiger partial charge in [-0.15, -0.1) is 0 Å². The Morgan fingerprint density at radius 3 is 2.25 bits per heavy atom. The molecule has 0 aromatic carbocycles. The average molecular weight is 476 g/mol. The predicted molar refractivity (Wildman–Crippen MR) is 89.3 cm³/mol. The second kappa shape index (κ2) is 8.13. The monoisotopic (exact) mass is 475 g/mol. The van der Waals surface area contributed by atoms with E-state index in [1.807, 2.05) is 0 Å². The van der Waals surface area contributed by atoms with Crippen molar-refractivity contribution in [2.24, 2.45) is 0 Å². The molecule has 0 saturated carbocycles. The number of carbonyl (C=O) groups is 1. The third-order valence-electron chi connectivity index (χ3n) is 3.84. The lowest BCUT2D eigenvalue weighted by Crippen LogP contribution is -2.30. The number of carbonyl (C=O) groups excluding carboxylic acids is 1. The number of hydrogen-bond donors (Lipinski definition) is 1. The van der Waals surface area contributed by atoms with Crippen molar-refractivity contribution in [1.82, 2.24) is 24.9 Å². The zero-order chi connectivity index (χ0) is 21.3. The molecule has 0 bridgehead atoms. The van der Waals surface area contributed by atoms with Crippen molar-refractivity contribution in [3.05, 3.63) is 33.3 Å². The topological polar surface area (TPSA) is 64.7 Å². The normalized spacial score (nSPS) is 12.5. The van der Waals surface area contributed by atoms with Crippen molar-refractivity contribution in [1.29, 1.82) is 0 Å². The second-order valence-electron chi connectivity index (χ2n) is 6.00. The van der Waals surface area contributed by atoms with Crippen molar-refractivity contribution >= 4 is 21.8 Å². The summed E-state index contributed by atoms with van der Waals surface area (Å²) in [6.07, 6.45) is -8.89. The van der Waals surface area contributed by atoms with E-state index >= 15 is 0 Å². The number of amides is 1. The van der Waals surface area contributed by atoms with E-state index in [-0.39, 0.29) is 23.3 Å². The van der Waals surface area contributed by atoms with Gasteiger partial charge in [-0.25, -0.2) is 0 Å². The summed E-state index contributed by atoms with van der Waals surface area (Å²) in [5, 5.41) is 9.36. The molecule has 2 rings (SSSR count). The van der Waals surface area contributed by atoms with Gasteiger partial charge in [0.1, 0.15) is 6.54 Å². The van der Waals surface area contributed by atoms with Crippen LogP contribution in [-0.2, 0) is 30.2 Å². The van der Waals surface area contributed by atoms with E-state index in [1.165, 1.54) is 18.5 Å². The van der Waals surface area contributed by atoms with E-state index in [4.69, 9.17) is 0 Å². The molecule has 0 fully saturated rings. The molecule has 6 nitrogen and oxygen atoms in total. The van der Waals surface area contributed by atoms with Gasteiger partial charge in [-0.1, -0.05) is 0 Å². The van der Waals surface area contributed by atoms with Crippen molar-refractivity contribution in [3.63, 3.8) is 0 Å². The van der Waals surface area contributed by atoms with Crippen LogP contribution in [0.4, 0.5) is 26.3 Å². The van der Waals surface area contributed by atoms with Gasteiger partial charge in [0.05, 0.1) is 10.2 Å². The minimum absolute atomic E-state index is 0.118. The molecule has 0 aliphatic carbocycles. The smallest absolute Gasteiger partial charge is 0.354 e. The van der Waals surface area contributed by atoms with Crippen molar-refractivity contribution < 1.29 is 31.1 Å². The summed E-state index contributed by atoms with van der Waals surface area (Å²) in [4.78, 5) is 11.9. The first kappa shape index (κ1) is 22.2. The third kappa shape index (κ3) is 5.26. The average Bonchev–Trinajstić information content (AvgIpc) is 3.06. The summed E-state index contributed by atoms with van der Waals surface area (Å²) >= 11 is 2.81. The molecule has 13 heteroatoms. The van der Waals surface area contributed by atoms with Crippen molar-refractivity contribution in [3.8, 4) is 0 Å². The van der Waals surface area contributed by atoms with Crippen LogP contribution in [0.25, 0.3) is 0 Å². The molecule has 1 amide bonds. The molecule has 0 aliphatic rings. The molecule has 156 valence electrons. The quantitative estimate of drug-likeness (QED) is 0.511. The molecule has 0 unspecified atom stereocenters. The van der Waals surface area contributed by atoms with Gasteiger partial charge < -0.3 is 5.32 Å². The molecule has 2 aromatic heterocycles. The van der Waals surface area contributed by atoms with Crippen molar-refractivity contribution in [2.75, 3.05) is 6.54 Å². The molecule has 0 radical (unpaired) electrons. The van der Waals surface area contributed by atoms with E-state index in [2.05, 4.69) is 31.4 Å². The van der Waals surface area contributed by atoms with Crippen LogP contribution in [0.3, 0.4) is 0 Å². The van der Waals surface area contributed by atoms with Crippen LogP contribution < -0.4 is 5.32 Å². The highest BCUT2D eigenvalue weighted by Gasteiger charge is 2.38. The van der Waals surface area contributed by atoms with E-state index in [9.17, 15) is 31.1 Å². The summed E-state index contributed by atoms with van der Waals surface area (Å²) in [6.45, 7) is 2.72. The van der Waals surface area contributed by atoms with Crippen LogP contribution >= 0.6 is 15.9 Å². The number of aryl methyl sites for hydroxylation is 2. The maximum atomic E-state index is 12.8. The van der Waals surface area contributed by atoms with Gasteiger partial charge in [0, 0.05) is 18.8 Å². The third-order valence-corrected chi connectivity index (χ3v) is 4.79. The number of alkyl halides is 6. The molecular formula is C15H16BrF6N5O. The zero-order valence-electron chi connectivity index (χ0n) is 14.7.